The molecule has 3 rings (SSSR count). The molecule has 0 bridgehead atoms. The van der Waals surface area contributed by atoms with Crippen molar-refractivity contribution in [1.82, 2.24) is 0 Å². The van der Waals surface area contributed by atoms with Crippen LogP contribution in [0.2, 0.25) is 0 Å². The first-order valence-electron chi connectivity index (χ1n) is 5.03. The number of carbonyl (C=O) groups excluding carboxylic acids is 1. The molecule has 78 valence electrons. The molecule has 1 aromatic heterocycles. The molecule has 3 nitrogen and oxygen atoms in total. The molecule has 16 heavy (non-hydrogen) atoms. The number of fused-ring (bicyclic) bond motifs is 2. The maximum Gasteiger partial charge on any atom is 0.202 e. The van der Waals surface area contributed by atoms with Crippen molar-refractivity contribution < 1.29 is 9.21 Å². The molecule has 1 aliphatic rings. The molecule has 2 aromatic rings. The van der Waals surface area contributed by atoms with Gasteiger partial charge in [0.25, 0.3) is 0 Å². The van der Waals surface area contributed by atoms with Crippen LogP contribution in [-0.2, 0) is 0 Å². The molecule has 0 saturated heterocycles. The monoisotopic (exact) mass is 212 g/mol. The van der Waals surface area contributed by atoms with Gasteiger partial charge in [-0.25, -0.2) is 0 Å². The SMILES string of the molecule is O=C1CC=Cc2c1oc1ccccc1c2=O. The largest absolute Gasteiger partial charge is 0.452 e. The molecule has 0 unspecified atom stereocenters. The summed E-state index contributed by atoms with van der Waals surface area (Å²) in [5.74, 6) is 0.0477. The van der Waals surface area contributed by atoms with Crippen LogP contribution in [0.15, 0.2) is 39.6 Å². The smallest absolute Gasteiger partial charge is 0.202 e. The molecule has 0 N–H and O–H groups in total. The molecule has 0 atom stereocenters. The van der Waals surface area contributed by atoms with E-state index < -0.39 is 0 Å². The lowest BCUT2D eigenvalue weighted by molar-refractivity contribution is 0.0968. The second kappa shape index (κ2) is 3.17. The number of Topliss-reactive ketones (excluding diaryl/α,β-unsaturated/α-hetero) is 1. The first-order chi connectivity index (χ1) is 7.77. The molecule has 0 amide bonds. The lowest BCUT2D eigenvalue weighted by atomic mass is 10.0. The molecule has 1 aromatic carbocycles. The highest BCUT2D eigenvalue weighted by molar-refractivity contribution is 6.01. The van der Waals surface area contributed by atoms with Crippen molar-refractivity contribution in [1.29, 1.82) is 0 Å². The second-order valence-corrected chi connectivity index (χ2v) is 3.70. The third-order valence-corrected chi connectivity index (χ3v) is 2.67. The Bertz CT molecular complexity index is 677. The molecule has 0 saturated carbocycles. The Labute approximate surface area is 91.0 Å². The molecular formula is C13H8O3. The number of para-hydroxylation sites is 1. The van der Waals surface area contributed by atoms with Gasteiger partial charge >= 0.3 is 0 Å². The first-order valence-corrected chi connectivity index (χ1v) is 5.03. The summed E-state index contributed by atoms with van der Waals surface area (Å²) in [7, 11) is 0. The van der Waals surface area contributed by atoms with Crippen molar-refractivity contribution in [3.8, 4) is 0 Å². The number of benzene rings is 1. The van der Waals surface area contributed by atoms with Gasteiger partial charge in [0.15, 0.2) is 5.76 Å². The Balaban J connectivity index is 2.51. The highest BCUT2D eigenvalue weighted by Gasteiger charge is 2.20. The fourth-order valence-electron chi connectivity index (χ4n) is 1.89. The number of carbonyl (C=O) groups is 1. The lowest BCUT2D eigenvalue weighted by Crippen LogP contribution is -2.15. The third kappa shape index (κ3) is 1.15. The predicted molar refractivity (Wildman–Crippen MR) is 60.5 cm³/mol. The normalized spacial score (nSPS) is 14.1. The van der Waals surface area contributed by atoms with Crippen LogP contribution in [0.4, 0.5) is 0 Å². The number of hydrogen-bond donors (Lipinski definition) is 0. The average Bonchev–Trinajstić information content (AvgIpc) is 2.31. The molecule has 0 spiro atoms. The van der Waals surface area contributed by atoms with E-state index in [4.69, 9.17) is 4.42 Å². The highest BCUT2D eigenvalue weighted by Crippen LogP contribution is 2.21. The quantitative estimate of drug-likeness (QED) is 0.673. The Morgan fingerprint density at radius 3 is 2.81 bits per heavy atom. The maximum absolute atomic E-state index is 12.1. The zero-order valence-electron chi connectivity index (χ0n) is 8.40. The summed E-state index contributed by atoms with van der Waals surface area (Å²) < 4.78 is 5.48. The van der Waals surface area contributed by atoms with E-state index in [1.807, 2.05) is 0 Å². The van der Waals surface area contributed by atoms with Crippen molar-refractivity contribution >= 4 is 22.8 Å². The van der Waals surface area contributed by atoms with Gasteiger partial charge in [-0.3, -0.25) is 9.59 Å². The summed E-state index contributed by atoms with van der Waals surface area (Å²) in [6, 6.07) is 6.96. The van der Waals surface area contributed by atoms with Gasteiger partial charge in [-0.05, 0) is 12.1 Å². The van der Waals surface area contributed by atoms with E-state index in [9.17, 15) is 9.59 Å². The third-order valence-electron chi connectivity index (χ3n) is 2.67. The number of rotatable bonds is 0. The maximum atomic E-state index is 12.1. The summed E-state index contributed by atoms with van der Waals surface area (Å²) >= 11 is 0. The predicted octanol–water partition coefficient (Wildman–Crippen LogP) is 2.39. The van der Waals surface area contributed by atoms with Crippen LogP contribution < -0.4 is 5.43 Å². The van der Waals surface area contributed by atoms with Crippen LogP contribution >= 0.6 is 0 Å². The minimum Gasteiger partial charge on any atom is -0.452 e. The lowest BCUT2D eigenvalue weighted by Gasteiger charge is -2.08. The molecule has 3 heteroatoms. The topological polar surface area (TPSA) is 47.3 Å². The van der Waals surface area contributed by atoms with Crippen molar-refractivity contribution in [3.63, 3.8) is 0 Å². The summed E-state index contributed by atoms with van der Waals surface area (Å²) in [6.07, 6.45) is 3.65. The van der Waals surface area contributed by atoms with Gasteiger partial charge in [0, 0.05) is 6.42 Å². The minimum atomic E-state index is -0.139. The summed E-state index contributed by atoms with van der Waals surface area (Å²) in [5, 5.41) is 0.514. The van der Waals surface area contributed by atoms with E-state index in [2.05, 4.69) is 0 Å². The summed E-state index contributed by atoms with van der Waals surface area (Å²) in [6.45, 7) is 0. The molecule has 1 heterocycles. The van der Waals surface area contributed by atoms with Gasteiger partial charge in [-0.2, -0.15) is 0 Å². The van der Waals surface area contributed by atoms with Gasteiger partial charge in [-0.1, -0.05) is 24.3 Å². The van der Waals surface area contributed by atoms with Gasteiger partial charge in [0.1, 0.15) is 5.58 Å². The van der Waals surface area contributed by atoms with Gasteiger partial charge < -0.3 is 4.42 Å². The highest BCUT2D eigenvalue weighted by atomic mass is 16.3. The summed E-state index contributed by atoms with van der Waals surface area (Å²) in [4.78, 5) is 23.7. The van der Waals surface area contributed by atoms with E-state index in [0.717, 1.165) is 0 Å². The first kappa shape index (κ1) is 9.09. The number of hydrogen-bond acceptors (Lipinski definition) is 3. The second-order valence-electron chi connectivity index (χ2n) is 3.70. The molecule has 1 aliphatic carbocycles. The molecule has 0 radical (unpaired) electrons. The van der Waals surface area contributed by atoms with Crippen LogP contribution in [0.3, 0.4) is 0 Å². The van der Waals surface area contributed by atoms with Crippen LogP contribution in [-0.4, -0.2) is 5.78 Å². The van der Waals surface area contributed by atoms with Crippen molar-refractivity contribution in [2.75, 3.05) is 0 Å². The summed E-state index contributed by atoms with van der Waals surface area (Å²) in [5.41, 5.74) is 0.700. The van der Waals surface area contributed by atoms with E-state index in [-0.39, 0.29) is 17.0 Å². The van der Waals surface area contributed by atoms with E-state index >= 15 is 0 Å². The van der Waals surface area contributed by atoms with Crippen LogP contribution in [0.1, 0.15) is 22.5 Å². The zero-order valence-corrected chi connectivity index (χ0v) is 8.40. The van der Waals surface area contributed by atoms with Crippen molar-refractivity contribution in [2.24, 2.45) is 0 Å². The zero-order chi connectivity index (χ0) is 11.1. The van der Waals surface area contributed by atoms with Crippen LogP contribution in [0, 0.1) is 0 Å². The van der Waals surface area contributed by atoms with E-state index in [1.165, 1.54) is 0 Å². The minimum absolute atomic E-state index is 0.138. The Morgan fingerprint density at radius 1 is 1.12 bits per heavy atom. The van der Waals surface area contributed by atoms with E-state index in [1.54, 1.807) is 36.4 Å². The Morgan fingerprint density at radius 2 is 1.94 bits per heavy atom. The van der Waals surface area contributed by atoms with Gasteiger partial charge in [-0.15, -0.1) is 0 Å². The van der Waals surface area contributed by atoms with Gasteiger partial charge in [0.2, 0.25) is 11.2 Å². The van der Waals surface area contributed by atoms with E-state index in [0.29, 0.717) is 23.0 Å². The molecule has 0 aliphatic heterocycles. The molecule has 0 fully saturated rings. The Hall–Kier alpha value is -2.16. The van der Waals surface area contributed by atoms with Crippen LogP contribution in [0.25, 0.3) is 17.0 Å². The fraction of sp³-hybridized carbons (Fsp3) is 0.0769. The number of allylic oxidation sites excluding steroid dienone is 1. The molecular weight excluding hydrogens is 204 g/mol. The Kier molecular flexibility index (Phi) is 1.80. The fourth-order valence-corrected chi connectivity index (χ4v) is 1.89. The number of ketones is 1. The van der Waals surface area contributed by atoms with Crippen molar-refractivity contribution in [3.05, 3.63) is 51.9 Å². The van der Waals surface area contributed by atoms with Gasteiger partial charge in [0.05, 0.1) is 10.9 Å². The van der Waals surface area contributed by atoms with Crippen molar-refractivity contribution in [2.45, 2.75) is 6.42 Å². The standard InChI is InChI=1S/C13H8O3/c14-10-6-3-5-9-12(15)8-4-1-2-7-11(8)16-13(9)10/h1-5,7H,6H2. The average molecular weight is 212 g/mol. The van der Waals surface area contributed by atoms with Crippen LogP contribution in [0.5, 0.6) is 0 Å².